The summed E-state index contributed by atoms with van der Waals surface area (Å²) < 4.78 is 11.3. The van der Waals surface area contributed by atoms with Gasteiger partial charge in [0, 0.05) is 0 Å². The van der Waals surface area contributed by atoms with Crippen molar-refractivity contribution in [2.45, 2.75) is 58.5 Å². The second-order valence-electron chi connectivity index (χ2n) is 8.01. The molecule has 0 radical (unpaired) electrons. The maximum atomic E-state index is 12.1. The first-order valence-corrected chi connectivity index (χ1v) is 11.7. The lowest BCUT2D eigenvalue weighted by molar-refractivity contribution is -0.142. The topological polar surface area (TPSA) is 84.9 Å². The van der Waals surface area contributed by atoms with Crippen LogP contribution >= 0.6 is 0 Å². The SMILES string of the molecule is C[C@H](C(=O)O)[C@H](CO[Si](C)(C)C(C)(C)C)NC(=O)OCc1ccccc1. The molecule has 0 saturated carbocycles. The maximum Gasteiger partial charge on any atom is 0.407 e. The van der Waals surface area contributed by atoms with Gasteiger partial charge in [-0.1, -0.05) is 51.1 Å². The number of benzene rings is 1. The fraction of sp³-hybridized carbons (Fsp3) is 0.579. The average Bonchev–Trinajstić information content (AvgIpc) is 2.56. The Morgan fingerprint density at radius 2 is 1.77 bits per heavy atom. The van der Waals surface area contributed by atoms with Crippen LogP contribution in [-0.2, 0) is 20.6 Å². The van der Waals surface area contributed by atoms with E-state index in [0.717, 1.165) is 5.56 Å². The van der Waals surface area contributed by atoms with Crippen LogP contribution < -0.4 is 5.32 Å². The Bertz CT molecular complexity index is 598. The van der Waals surface area contributed by atoms with Gasteiger partial charge in [-0.2, -0.15) is 0 Å². The van der Waals surface area contributed by atoms with E-state index in [-0.39, 0.29) is 18.3 Å². The molecule has 1 aromatic rings. The summed E-state index contributed by atoms with van der Waals surface area (Å²) >= 11 is 0. The third-order valence-electron chi connectivity index (χ3n) is 4.94. The van der Waals surface area contributed by atoms with Crippen molar-refractivity contribution in [1.29, 1.82) is 0 Å². The van der Waals surface area contributed by atoms with E-state index < -0.39 is 32.3 Å². The molecule has 0 aliphatic carbocycles. The average molecular weight is 382 g/mol. The third kappa shape index (κ3) is 6.80. The van der Waals surface area contributed by atoms with Gasteiger partial charge in [0.05, 0.1) is 18.6 Å². The molecule has 0 saturated heterocycles. The van der Waals surface area contributed by atoms with Crippen molar-refractivity contribution in [3.63, 3.8) is 0 Å². The molecular weight excluding hydrogens is 350 g/mol. The largest absolute Gasteiger partial charge is 0.481 e. The summed E-state index contributed by atoms with van der Waals surface area (Å²) in [7, 11) is -2.06. The van der Waals surface area contributed by atoms with Gasteiger partial charge in [0.15, 0.2) is 8.32 Å². The van der Waals surface area contributed by atoms with E-state index >= 15 is 0 Å². The molecule has 1 aromatic carbocycles. The van der Waals surface area contributed by atoms with Crippen molar-refractivity contribution in [2.75, 3.05) is 6.61 Å². The number of hydrogen-bond acceptors (Lipinski definition) is 4. The Hall–Kier alpha value is -1.86. The van der Waals surface area contributed by atoms with Crippen LogP contribution in [0.25, 0.3) is 0 Å². The van der Waals surface area contributed by atoms with Gasteiger partial charge in [0.25, 0.3) is 0 Å². The molecule has 0 aromatic heterocycles. The molecule has 0 aliphatic heterocycles. The number of hydrogen-bond donors (Lipinski definition) is 2. The summed E-state index contributed by atoms with van der Waals surface area (Å²) in [4.78, 5) is 23.5. The van der Waals surface area contributed by atoms with Crippen molar-refractivity contribution in [2.24, 2.45) is 5.92 Å². The van der Waals surface area contributed by atoms with Crippen LogP contribution in [0.1, 0.15) is 33.3 Å². The van der Waals surface area contributed by atoms with E-state index in [4.69, 9.17) is 9.16 Å². The Kier molecular flexibility index (Phi) is 7.83. The van der Waals surface area contributed by atoms with Crippen molar-refractivity contribution in [3.05, 3.63) is 35.9 Å². The van der Waals surface area contributed by atoms with Crippen LogP contribution in [0.3, 0.4) is 0 Å². The highest BCUT2D eigenvalue weighted by Gasteiger charge is 2.38. The standard InChI is InChI=1S/C19H31NO5Si/c1-14(17(21)22)16(13-25-26(5,6)19(2,3)4)20-18(23)24-12-15-10-8-7-9-11-15/h7-11,14,16H,12-13H2,1-6H3,(H,20,23)(H,21,22)/t14-,16-/m0/s1. The molecule has 0 aliphatic rings. The molecule has 7 heteroatoms. The first-order chi connectivity index (χ1) is 11.9. The minimum atomic E-state index is -2.06. The predicted octanol–water partition coefficient (Wildman–Crippen LogP) is 4.02. The summed E-state index contributed by atoms with van der Waals surface area (Å²) in [6.07, 6.45) is -0.647. The molecule has 26 heavy (non-hydrogen) atoms. The van der Waals surface area contributed by atoms with Crippen LogP contribution in [0.5, 0.6) is 0 Å². The Morgan fingerprint density at radius 1 is 1.19 bits per heavy atom. The van der Waals surface area contributed by atoms with Crippen LogP contribution in [0.15, 0.2) is 30.3 Å². The van der Waals surface area contributed by atoms with Crippen LogP contribution in [0.4, 0.5) is 4.79 Å². The number of alkyl carbamates (subject to hydrolysis) is 1. The monoisotopic (exact) mass is 381 g/mol. The van der Waals surface area contributed by atoms with E-state index in [1.54, 1.807) is 6.92 Å². The fourth-order valence-corrected chi connectivity index (χ4v) is 2.94. The number of nitrogens with one attached hydrogen (secondary N) is 1. The van der Waals surface area contributed by atoms with Gasteiger partial charge in [-0.15, -0.1) is 0 Å². The second kappa shape index (κ2) is 9.18. The zero-order valence-corrected chi connectivity index (χ0v) is 17.5. The molecule has 0 spiro atoms. The lowest BCUT2D eigenvalue weighted by Crippen LogP contribution is -2.50. The van der Waals surface area contributed by atoms with E-state index in [0.29, 0.717) is 0 Å². The van der Waals surface area contributed by atoms with Gasteiger partial charge in [0.1, 0.15) is 6.61 Å². The minimum absolute atomic E-state index is 0.00215. The number of carbonyl (C=O) groups excluding carboxylic acids is 1. The molecule has 1 amide bonds. The van der Waals surface area contributed by atoms with Gasteiger partial charge < -0.3 is 19.6 Å². The quantitative estimate of drug-likeness (QED) is 0.664. The lowest BCUT2D eigenvalue weighted by Gasteiger charge is -2.37. The molecule has 0 heterocycles. The number of carboxylic acid groups (broad SMARTS) is 1. The number of ether oxygens (including phenoxy) is 1. The van der Waals surface area contributed by atoms with Gasteiger partial charge in [-0.25, -0.2) is 4.79 Å². The first kappa shape index (κ1) is 22.2. The first-order valence-electron chi connectivity index (χ1n) is 8.78. The zero-order valence-electron chi connectivity index (χ0n) is 16.5. The van der Waals surface area contributed by atoms with Crippen LogP contribution in [0, 0.1) is 5.92 Å². The van der Waals surface area contributed by atoms with Crippen LogP contribution in [0.2, 0.25) is 18.1 Å². The van der Waals surface area contributed by atoms with Crippen molar-refractivity contribution >= 4 is 20.4 Å². The van der Waals surface area contributed by atoms with E-state index in [1.807, 2.05) is 30.3 Å². The summed E-state index contributed by atoms with van der Waals surface area (Å²) in [5.74, 6) is -1.78. The molecule has 2 N–H and O–H groups in total. The van der Waals surface area contributed by atoms with Crippen LogP contribution in [-0.4, -0.2) is 38.1 Å². The molecule has 6 nitrogen and oxygen atoms in total. The molecule has 1 rings (SSSR count). The summed E-state index contributed by atoms with van der Waals surface area (Å²) in [6.45, 7) is 12.3. The fourth-order valence-electron chi connectivity index (χ4n) is 1.91. The molecule has 0 fully saturated rings. The number of carboxylic acids is 1. The van der Waals surface area contributed by atoms with E-state index in [2.05, 4.69) is 39.2 Å². The van der Waals surface area contributed by atoms with Gasteiger partial charge in [-0.05, 0) is 30.6 Å². The van der Waals surface area contributed by atoms with Gasteiger partial charge >= 0.3 is 12.1 Å². The lowest BCUT2D eigenvalue weighted by atomic mass is 10.0. The smallest absolute Gasteiger partial charge is 0.407 e. The van der Waals surface area contributed by atoms with Crippen molar-refractivity contribution in [3.8, 4) is 0 Å². The van der Waals surface area contributed by atoms with E-state index in [9.17, 15) is 14.7 Å². The number of aliphatic carboxylic acids is 1. The number of amides is 1. The van der Waals surface area contributed by atoms with Gasteiger partial charge in [0.2, 0.25) is 0 Å². The van der Waals surface area contributed by atoms with Crippen molar-refractivity contribution in [1.82, 2.24) is 5.32 Å². The summed E-state index contributed by atoms with van der Waals surface area (Å²) in [6, 6.07) is 8.64. The molecule has 0 unspecified atom stereocenters. The zero-order chi connectivity index (χ0) is 20.0. The maximum absolute atomic E-state index is 12.1. The number of carbonyl (C=O) groups is 2. The normalized spacial score (nSPS) is 14.4. The Morgan fingerprint density at radius 3 is 2.27 bits per heavy atom. The Labute approximate surface area is 157 Å². The predicted molar refractivity (Wildman–Crippen MR) is 103 cm³/mol. The molecule has 2 atom stereocenters. The Balaban J connectivity index is 2.68. The van der Waals surface area contributed by atoms with Gasteiger partial charge in [-0.3, -0.25) is 4.79 Å². The number of rotatable bonds is 8. The molecular formula is C19H31NO5Si. The highest BCUT2D eigenvalue weighted by molar-refractivity contribution is 6.74. The second-order valence-corrected chi connectivity index (χ2v) is 12.8. The van der Waals surface area contributed by atoms with E-state index in [1.165, 1.54) is 0 Å². The highest BCUT2D eigenvalue weighted by atomic mass is 28.4. The summed E-state index contributed by atoms with van der Waals surface area (Å²) in [5, 5.41) is 12.0. The highest BCUT2D eigenvalue weighted by Crippen LogP contribution is 2.36. The third-order valence-corrected chi connectivity index (χ3v) is 9.44. The minimum Gasteiger partial charge on any atom is -0.481 e. The summed E-state index contributed by atoms with van der Waals surface area (Å²) in [5.41, 5.74) is 0.864. The van der Waals surface area contributed by atoms with Crippen molar-refractivity contribution < 1.29 is 23.9 Å². The molecule has 146 valence electrons. The molecule has 0 bridgehead atoms.